The van der Waals surface area contributed by atoms with Gasteiger partial charge in [0.1, 0.15) is 0 Å². The highest BCUT2D eigenvalue weighted by Gasteiger charge is 2.24. The molecule has 1 unspecified atom stereocenters. The molecule has 0 aliphatic carbocycles. The molecule has 1 N–H and O–H groups in total. The Labute approximate surface area is 90.3 Å². The van der Waals surface area contributed by atoms with Crippen LogP contribution in [-0.4, -0.2) is 37.3 Å². The largest absolute Gasteiger partial charge is 0.393 e. The summed E-state index contributed by atoms with van der Waals surface area (Å²) < 4.78 is 33.8. The van der Waals surface area contributed by atoms with E-state index in [1.165, 1.54) is 0 Å². The Bertz CT molecular complexity index is 191. The summed E-state index contributed by atoms with van der Waals surface area (Å²) >= 11 is 0. The monoisotopic (exact) mass is 242 g/mol. The Kier molecular flexibility index (Phi) is 8.24. The molecule has 0 saturated heterocycles. The molecule has 0 aromatic rings. The molecule has 4 nitrogen and oxygen atoms in total. The molecule has 0 aliphatic heterocycles. The van der Waals surface area contributed by atoms with Crippen LogP contribution in [0.25, 0.3) is 0 Å². The Balaban J connectivity index is 4.00. The van der Waals surface area contributed by atoms with Crippen LogP contribution in [0, 0.1) is 0 Å². The third kappa shape index (κ3) is 7.01. The summed E-state index contributed by atoms with van der Waals surface area (Å²) in [5, 5.41) is 9.28. The smallest absolute Gasteiger partial charge is 0.330 e. The van der Waals surface area contributed by atoms with Gasteiger partial charge in [-0.1, -0.05) is 0 Å². The summed E-state index contributed by atoms with van der Waals surface area (Å²) in [6, 6.07) is 0. The van der Waals surface area contributed by atoms with Crippen LogP contribution in [0.3, 0.4) is 0 Å². The predicted molar refractivity (Wildman–Crippen MR) is 56.9 cm³/mol. The molecule has 0 aromatic heterocycles. The van der Waals surface area contributed by atoms with E-state index >= 15 is 0 Å². The standard InChI is InChI=1S/C9H20FO4P/c1-3-13-15(12,14-4-2)8-6-9(11)5-7-10/h9,11H,3-8H2,1-2H3. The van der Waals surface area contributed by atoms with E-state index in [-0.39, 0.29) is 19.0 Å². The van der Waals surface area contributed by atoms with Crippen LogP contribution in [0.15, 0.2) is 0 Å². The van der Waals surface area contributed by atoms with Crippen molar-refractivity contribution in [2.75, 3.05) is 26.1 Å². The lowest BCUT2D eigenvalue weighted by Gasteiger charge is -2.18. The lowest BCUT2D eigenvalue weighted by atomic mass is 10.2. The van der Waals surface area contributed by atoms with E-state index in [2.05, 4.69) is 0 Å². The van der Waals surface area contributed by atoms with Gasteiger partial charge >= 0.3 is 7.60 Å². The summed E-state index contributed by atoms with van der Waals surface area (Å²) in [5.74, 6) is 0. The van der Waals surface area contributed by atoms with Crippen LogP contribution in [0.1, 0.15) is 26.7 Å². The van der Waals surface area contributed by atoms with E-state index in [1.54, 1.807) is 13.8 Å². The third-order valence-corrected chi connectivity index (χ3v) is 3.94. The number of aliphatic hydroxyl groups excluding tert-OH is 1. The Morgan fingerprint density at radius 3 is 2.20 bits per heavy atom. The van der Waals surface area contributed by atoms with E-state index < -0.39 is 20.4 Å². The maximum absolute atomic E-state index is 11.9. The molecule has 0 rings (SSSR count). The van der Waals surface area contributed by atoms with E-state index in [4.69, 9.17) is 9.05 Å². The highest BCUT2D eigenvalue weighted by molar-refractivity contribution is 7.53. The quantitative estimate of drug-likeness (QED) is 0.630. The summed E-state index contributed by atoms with van der Waals surface area (Å²) in [6.45, 7) is 3.48. The number of rotatable bonds is 9. The van der Waals surface area contributed by atoms with Crippen molar-refractivity contribution in [1.29, 1.82) is 0 Å². The fourth-order valence-electron chi connectivity index (χ4n) is 1.14. The fourth-order valence-corrected chi connectivity index (χ4v) is 2.87. The lowest BCUT2D eigenvalue weighted by Crippen LogP contribution is -2.11. The molecule has 0 heterocycles. The predicted octanol–water partition coefficient (Wildman–Crippen LogP) is 2.36. The maximum Gasteiger partial charge on any atom is 0.330 e. The zero-order valence-electron chi connectivity index (χ0n) is 9.32. The lowest BCUT2D eigenvalue weighted by molar-refractivity contribution is 0.145. The molecule has 0 saturated carbocycles. The van der Waals surface area contributed by atoms with Crippen molar-refractivity contribution in [3.63, 3.8) is 0 Å². The molecule has 0 radical (unpaired) electrons. The van der Waals surface area contributed by atoms with E-state index in [0.29, 0.717) is 13.2 Å². The van der Waals surface area contributed by atoms with Gasteiger partial charge in [-0.15, -0.1) is 0 Å². The molecule has 0 fully saturated rings. The van der Waals surface area contributed by atoms with Crippen LogP contribution in [-0.2, 0) is 13.6 Å². The van der Waals surface area contributed by atoms with Gasteiger partial charge in [0.05, 0.1) is 32.2 Å². The molecule has 15 heavy (non-hydrogen) atoms. The van der Waals surface area contributed by atoms with Crippen molar-refractivity contribution in [1.82, 2.24) is 0 Å². The minimum atomic E-state index is -3.08. The second kappa shape index (κ2) is 8.22. The SMILES string of the molecule is CCOP(=O)(CCC(O)CCF)OCC. The second-order valence-corrected chi connectivity index (χ2v) is 5.28. The van der Waals surface area contributed by atoms with E-state index in [1.807, 2.05) is 0 Å². The summed E-state index contributed by atoms with van der Waals surface area (Å²) in [5.41, 5.74) is 0. The number of halogens is 1. The Hall–Kier alpha value is 0.0400. The first-order valence-electron chi connectivity index (χ1n) is 5.20. The molecule has 92 valence electrons. The van der Waals surface area contributed by atoms with Crippen molar-refractivity contribution >= 4 is 7.60 Å². The van der Waals surface area contributed by atoms with Gasteiger partial charge in [-0.2, -0.15) is 0 Å². The average Bonchev–Trinajstić information content (AvgIpc) is 2.16. The van der Waals surface area contributed by atoms with Crippen molar-refractivity contribution in [3.05, 3.63) is 0 Å². The zero-order valence-corrected chi connectivity index (χ0v) is 10.2. The highest BCUT2D eigenvalue weighted by atomic mass is 31.2. The van der Waals surface area contributed by atoms with Gasteiger partial charge in [-0.05, 0) is 20.3 Å². The topological polar surface area (TPSA) is 55.8 Å². The van der Waals surface area contributed by atoms with Crippen LogP contribution >= 0.6 is 7.60 Å². The first-order chi connectivity index (χ1) is 7.08. The third-order valence-electron chi connectivity index (χ3n) is 1.83. The number of alkyl halides is 1. The van der Waals surface area contributed by atoms with E-state index in [9.17, 15) is 14.1 Å². The van der Waals surface area contributed by atoms with Gasteiger partial charge in [-0.3, -0.25) is 8.96 Å². The van der Waals surface area contributed by atoms with Crippen molar-refractivity contribution in [2.24, 2.45) is 0 Å². The molecular formula is C9H20FO4P. The molecule has 0 aromatic carbocycles. The summed E-state index contributed by atoms with van der Waals surface area (Å²) in [7, 11) is -3.08. The van der Waals surface area contributed by atoms with Gasteiger partial charge < -0.3 is 14.2 Å². The number of hydrogen-bond donors (Lipinski definition) is 1. The summed E-state index contributed by atoms with van der Waals surface area (Å²) in [6.07, 6.45) is -0.334. The number of aliphatic hydroxyl groups is 1. The van der Waals surface area contributed by atoms with Crippen LogP contribution in [0.4, 0.5) is 4.39 Å². The second-order valence-electron chi connectivity index (χ2n) is 3.09. The minimum absolute atomic E-state index is 0.0677. The van der Waals surface area contributed by atoms with Crippen LogP contribution in [0.5, 0.6) is 0 Å². The first kappa shape index (κ1) is 15.0. The van der Waals surface area contributed by atoms with Gasteiger partial charge in [0.2, 0.25) is 0 Å². The highest BCUT2D eigenvalue weighted by Crippen LogP contribution is 2.48. The molecule has 6 heteroatoms. The van der Waals surface area contributed by atoms with Gasteiger partial charge in [-0.25, -0.2) is 0 Å². The first-order valence-corrected chi connectivity index (χ1v) is 6.93. The normalized spacial score (nSPS) is 14.1. The maximum atomic E-state index is 11.9. The van der Waals surface area contributed by atoms with Gasteiger partial charge in [0, 0.05) is 6.42 Å². The Morgan fingerprint density at radius 1 is 1.27 bits per heavy atom. The van der Waals surface area contributed by atoms with Gasteiger partial charge in [0.25, 0.3) is 0 Å². The Morgan fingerprint density at radius 2 is 1.80 bits per heavy atom. The summed E-state index contributed by atoms with van der Waals surface area (Å²) in [4.78, 5) is 0. The minimum Gasteiger partial charge on any atom is -0.393 e. The van der Waals surface area contributed by atoms with Crippen LogP contribution < -0.4 is 0 Å². The molecule has 0 bridgehead atoms. The van der Waals surface area contributed by atoms with Crippen molar-refractivity contribution in [2.45, 2.75) is 32.8 Å². The molecule has 0 amide bonds. The fraction of sp³-hybridized carbons (Fsp3) is 1.00. The molecule has 0 aliphatic rings. The zero-order chi connectivity index (χ0) is 11.7. The van der Waals surface area contributed by atoms with E-state index in [0.717, 1.165) is 0 Å². The number of hydrogen-bond acceptors (Lipinski definition) is 4. The van der Waals surface area contributed by atoms with Crippen LogP contribution in [0.2, 0.25) is 0 Å². The molecular weight excluding hydrogens is 222 g/mol. The molecule has 1 atom stereocenters. The van der Waals surface area contributed by atoms with Crippen molar-refractivity contribution in [3.8, 4) is 0 Å². The van der Waals surface area contributed by atoms with Gasteiger partial charge in [0.15, 0.2) is 0 Å². The molecule has 0 spiro atoms. The average molecular weight is 242 g/mol. The van der Waals surface area contributed by atoms with Crippen molar-refractivity contribution < 1.29 is 23.1 Å².